The van der Waals surface area contributed by atoms with Crippen molar-refractivity contribution in [3.05, 3.63) is 29.8 Å². The summed E-state index contributed by atoms with van der Waals surface area (Å²) in [5, 5.41) is -0.608. The van der Waals surface area contributed by atoms with Crippen LogP contribution in [-0.2, 0) is 4.79 Å². The molecule has 1 unspecified atom stereocenters. The van der Waals surface area contributed by atoms with Crippen LogP contribution in [0.4, 0.5) is 0 Å². The third kappa shape index (κ3) is 2.72. The third-order valence-electron chi connectivity index (χ3n) is 3.02. The standard InChI is InChI=1S/C13H16ClNO2/c1-17-11-6-4-5-10(9-11)12(14)13(16)15-7-2-3-8-15/h4-6,9,12H,2-3,7-8H2,1H3. The predicted octanol–water partition coefficient (Wildman–Crippen LogP) is 2.60. The van der Waals surface area contributed by atoms with Gasteiger partial charge in [0.2, 0.25) is 5.91 Å². The summed E-state index contributed by atoms with van der Waals surface area (Å²) in [6.45, 7) is 1.65. The summed E-state index contributed by atoms with van der Waals surface area (Å²) in [5.41, 5.74) is 0.794. The summed E-state index contributed by atoms with van der Waals surface area (Å²) >= 11 is 6.22. The van der Waals surface area contributed by atoms with Crippen LogP contribution in [0.5, 0.6) is 5.75 Å². The number of amides is 1. The second-order valence-corrected chi connectivity index (χ2v) is 4.61. The molecule has 1 aromatic carbocycles. The van der Waals surface area contributed by atoms with Crippen molar-refractivity contribution in [3.63, 3.8) is 0 Å². The first-order valence-electron chi connectivity index (χ1n) is 5.79. The van der Waals surface area contributed by atoms with Gasteiger partial charge in [0.25, 0.3) is 0 Å². The van der Waals surface area contributed by atoms with Crippen molar-refractivity contribution in [2.24, 2.45) is 0 Å². The molecule has 17 heavy (non-hydrogen) atoms. The second kappa shape index (κ2) is 5.41. The summed E-state index contributed by atoms with van der Waals surface area (Å²) < 4.78 is 5.13. The number of hydrogen-bond acceptors (Lipinski definition) is 2. The number of alkyl halides is 1. The maximum atomic E-state index is 12.1. The fourth-order valence-corrected chi connectivity index (χ4v) is 2.31. The van der Waals surface area contributed by atoms with Crippen LogP contribution in [0.1, 0.15) is 23.8 Å². The number of ether oxygens (including phenoxy) is 1. The number of halogens is 1. The van der Waals surface area contributed by atoms with Gasteiger partial charge in [0.15, 0.2) is 0 Å². The largest absolute Gasteiger partial charge is 0.497 e. The van der Waals surface area contributed by atoms with Crippen molar-refractivity contribution in [1.29, 1.82) is 0 Å². The Kier molecular flexibility index (Phi) is 3.89. The molecule has 1 fully saturated rings. The van der Waals surface area contributed by atoms with Gasteiger partial charge in [-0.05, 0) is 30.5 Å². The molecule has 0 bridgehead atoms. The van der Waals surface area contributed by atoms with E-state index in [0.717, 1.165) is 37.2 Å². The van der Waals surface area contributed by atoms with Crippen LogP contribution < -0.4 is 4.74 Å². The number of methoxy groups -OCH3 is 1. The average Bonchev–Trinajstić information content (AvgIpc) is 2.91. The van der Waals surface area contributed by atoms with Gasteiger partial charge in [-0.1, -0.05) is 12.1 Å². The van der Waals surface area contributed by atoms with Gasteiger partial charge in [0.1, 0.15) is 11.1 Å². The Balaban J connectivity index is 2.12. The fourth-order valence-electron chi connectivity index (χ4n) is 2.04. The molecule has 4 heteroatoms. The SMILES string of the molecule is COc1cccc(C(Cl)C(=O)N2CCCC2)c1. The van der Waals surface area contributed by atoms with E-state index in [9.17, 15) is 4.79 Å². The topological polar surface area (TPSA) is 29.5 Å². The van der Waals surface area contributed by atoms with Crippen molar-refractivity contribution in [1.82, 2.24) is 4.90 Å². The van der Waals surface area contributed by atoms with Crippen LogP contribution in [0.15, 0.2) is 24.3 Å². The van der Waals surface area contributed by atoms with E-state index in [1.807, 2.05) is 29.2 Å². The van der Waals surface area contributed by atoms with Gasteiger partial charge in [0.05, 0.1) is 7.11 Å². The Morgan fingerprint density at radius 1 is 1.41 bits per heavy atom. The fraction of sp³-hybridized carbons (Fsp3) is 0.462. The molecule has 1 saturated heterocycles. The van der Waals surface area contributed by atoms with E-state index in [1.54, 1.807) is 7.11 Å². The van der Waals surface area contributed by atoms with Gasteiger partial charge in [-0.3, -0.25) is 4.79 Å². The average molecular weight is 254 g/mol. The van der Waals surface area contributed by atoms with Crippen LogP contribution in [0.25, 0.3) is 0 Å². The summed E-state index contributed by atoms with van der Waals surface area (Å²) in [4.78, 5) is 13.9. The molecule has 1 amide bonds. The molecule has 1 aliphatic rings. The van der Waals surface area contributed by atoms with Crippen molar-refractivity contribution in [2.45, 2.75) is 18.2 Å². The highest BCUT2D eigenvalue weighted by atomic mass is 35.5. The van der Waals surface area contributed by atoms with Crippen molar-refractivity contribution < 1.29 is 9.53 Å². The molecular formula is C13H16ClNO2. The molecule has 1 aromatic rings. The van der Waals surface area contributed by atoms with Gasteiger partial charge in [-0.2, -0.15) is 0 Å². The molecular weight excluding hydrogens is 238 g/mol. The molecule has 2 rings (SSSR count). The monoisotopic (exact) mass is 253 g/mol. The van der Waals surface area contributed by atoms with Crippen molar-refractivity contribution in [2.75, 3.05) is 20.2 Å². The molecule has 0 spiro atoms. The number of benzene rings is 1. The summed E-state index contributed by atoms with van der Waals surface area (Å²) in [6, 6.07) is 7.36. The zero-order valence-corrected chi connectivity index (χ0v) is 10.6. The highest BCUT2D eigenvalue weighted by Gasteiger charge is 2.26. The van der Waals surface area contributed by atoms with Gasteiger partial charge in [-0.15, -0.1) is 11.6 Å². The quantitative estimate of drug-likeness (QED) is 0.775. The predicted molar refractivity (Wildman–Crippen MR) is 67.4 cm³/mol. The lowest BCUT2D eigenvalue weighted by Gasteiger charge is -2.19. The molecule has 0 aromatic heterocycles. The van der Waals surface area contributed by atoms with Gasteiger partial charge in [-0.25, -0.2) is 0 Å². The number of carbonyl (C=O) groups is 1. The molecule has 0 radical (unpaired) electrons. The lowest BCUT2D eigenvalue weighted by atomic mass is 10.1. The number of nitrogens with zero attached hydrogens (tertiary/aromatic N) is 1. The van der Waals surface area contributed by atoms with E-state index in [1.165, 1.54) is 0 Å². The van der Waals surface area contributed by atoms with E-state index in [2.05, 4.69) is 0 Å². The molecule has 1 heterocycles. The molecule has 1 aliphatic heterocycles. The minimum Gasteiger partial charge on any atom is -0.497 e. The zero-order valence-electron chi connectivity index (χ0n) is 9.86. The number of hydrogen-bond donors (Lipinski definition) is 0. The van der Waals surface area contributed by atoms with Crippen molar-refractivity contribution >= 4 is 17.5 Å². The summed E-state index contributed by atoms with van der Waals surface area (Å²) in [7, 11) is 1.60. The van der Waals surface area contributed by atoms with E-state index in [4.69, 9.17) is 16.3 Å². The van der Waals surface area contributed by atoms with Gasteiger partial charge in [0, 0.05) is 13.1 Å². The molecule has 0 saturated carbocycles. The van der Waals surface area contributed by atoms with E-state index in [0.29, 0.717) is 0 Å². The first-order valence-corrected chi connectivity index (χ1v) is 6.23. The zero-order chi connectivity index (χ0) is 12.3. The van der Waals surface area contributed by atoms with Crippen LogP contribution in [-0.4, -0.2) is 31.0 Å². The Hall–Kier alpha value is -1.22. The maximum absolute atomic E-state index is 12.1. The summed E-state index contributed by atoms with van der Waals surface area (Å²) in [5.74, 6) is 0.722. The van der Waals surface area contributed by atoms with Gasteiger partial charge >= 0.3 is 0 Å². The van der Waals surface area contributed by atoms with Crippen LogP contribution in [0.2, 0.25) is 0 Å². The van der Waals surface area contributed by atoms with E-state index in [-0.39, 0.29) is 5.91 Å². The van der Waals surface area contributed by atoms with Crippen molar-refractivity contribution in [3.8, 4) is 5.75 Å². The smallest absolute Gasteiger partial charge is 0.245 e. The molecule has 92 valence electrons. The first kappa shape index (κ1) is 12.2. The lowest BCUT2D eigenvalue weighted by Crippen LogP contribution is -2.30. The lowest BCUT2D eigenvalue weighted by molar-refractivity contribution is -0.129. The highest BCUT2D eigenvalue weighted by Crippen LogP contribution is 2.27. The third-order valence-corrected chi connectivity index (χ3v) is 3.46. The van der Waals surface area contributed by atoms with Crippen LogP contribution in [0, 0.1) is 0 Å². The highest BCUT2D eigenvalue weighted by molar-refractivity contribution is 6.30. The second-order valence-electron chi connectivity index (χ2n) is 4.17. The number of rotatable bonds is 3. The Bertz CT molecular complexity index is 402. The van der Waals surface area contributed by atoms with Crippen LogP contribution in [0.3, 0.4) is 0 Å². The molecule has 3 nitrogen and oxygen atoms in total. The number of likely N-dealkylation sites (tertiary alicyclic amines) is 1. The molecule has 1 atom stereocenters. The van der Waals surface area contributed by atoms with E-state index >= 15 is 0 Å². The van der Waals surface area contributed by atoms with Crippen LogP contribution >= 0.6 is 11.6 Å². The minimum atomic E-state index is -0.608. The minimum absolute atomic E-state index is 0.00239. The number of carbonyl (C=O) groups excluding carboxylic acids is 1. The Morgan fingerprint density at radius 3 is 2.76 bits per heavy atom. The normalized spacial score (nSPS) is 16.9. The molecule has 0 N–H and O–H groups in total. The van der Waals surface area contributed by atoms with E-state index < -0.39 is 5.38 Å². The maximum Gasteiger partial charge on any atom is 0.245 e. The molecule has 0 aliphatic carbocycles. The Morgan fingerprint density at radius 2 is 2.12 bits per heavy atom. The summed E-state index contributed by atoms with van der Waals surface area (Å²) in [6.07, 6.45) is 2.15. The van der Waals surface area contributed by atoms with Gasteiger partial charge < -0.3 is 9.64 Å². The first-order chi connectivity index (χ1) is 8.22. The Labute approximate surface area is 106 Å².